The molecule has 192 valence electrons. The highest BCUT2D eigenvalue weighted by Crippen LogP contribution is 2.34. The minimum atomic E-state index is -2.63. The molecule has 34 heavy (non-hydrogen) atoms. The maximum atomic E-state index is 13.4. The summed E-state index contributed by atoms with van der Waals surface area (Å²) in [6, 6.07) is 0.321. The van der Waals surface area contributed by atoms with Crippen LogP contribution in [0.2, 0.25) is 0 Å². The van der Waals surface area contributed by atoms with Gasteiger partial charge in [0.1, 0.15) is 11.5 Å². The highest BCUT2D eigenvalue weighted by atomic mass is 32.2. The van der Waals surface area contributed by atoms with Crippen molar-refractivity contribution in [2.45, 2.75) is 90.6 Å². The largest absolute Gasteiger partial charge is 0.755 e. The number of thiazole rings is 1. The number of carbonyl (C=O) groups excluding carboxylic acids is 2. The van der Waals surface area contributed by atoms with E-state index < -0.39 is 11.3 Å². The first-order valence-electron chi connectivity index (χ1n) is 12.5. The van der Waals surface area contributed by atoms with Crippen LogP contribution in [0, 0.1) is 5.92 Å². The third kappa shape index (κ3) is 6.91. The van der Waals surface area contributed by atoms with Gasteiger partial charge in [0.25, 0.3) is 0 Å². The Hall–Kier alpha value is -1.72. The molecule has 0 aliphatic heterocycles. The van der Waals surface area contributed by atoms with Crippen molar-refractivity contribution in [1.29, 1.82) is 0 Å². The molecule has 11 heteroatoms. The summed E-state index contributed by atoms with van der Waals surface area (Å²) >= 11 is -1.56. The lowest BCUT2D eigenvalue weighted by Crippen LogP contribution is -2.51. The van der Waals surface area contributed by atoms with Gasteiger partial charge in [0, 0.05) is 36.4 Å². The summed E-state index contributed by atoms with van der Waals surface area (Å²) in [5, 5.41) is 3.58. The second-order valence-electron chi connectivity index (χ2n) is 9.37. The highest BCUT2D eigenvalue weighted by Gasteiger charge is 2.34. The third-order valence-electron chi connectivity index (χ3n) is 7.11. The second-order valence-corrected chi connectivity index (χ2v) is 11.3. The van der Waals surface area contributed by atoms with Gasteiger partial charge in [-0.25, -0.2) is 9.78 Å². The summed E-state index contributed by atoms with van der Waals surface area (Å²) in [4.78, 5) is 33.8. The van der Waals surface area contributed by atoms with E-state index in [-0.39, 0.29) is 30.6 Å². The van der Waals surface area contributed by atoms with Crippen LogP contribution in [0.15, 0.2) is 6.20 Å². The quantitative estimate of drug-likeness (QED) is 0.495. The standard InChI is InChI=1S/C23H39N5O4S2/c1-4-26(5-2)20(29)16-27(34(31)32)21-15-24-22(33-21)25-23(30)28(18-9-7-6-8-10-18)19-13-11-17(3)12-14-19/h15,17-19H,4-14,16H2,1-3H3,(H,31,32)(H,24,25,30)/p-1. The van der Waals surface area contributed by atoms with Crippen LogP contribution in [-0.4, -0.2) is 67.2 Å². The van der Waals surface area contributed by atoms with Crippen molar-refractivity contribution in [1.82, 2.24) is 14.8 Å². The number of amides is 3. The summed E-state index contributed by atoms with van der Waals surface area (Å²) in [5.74, 6) is 0.426. The van der Waals surface area contributed by atoms with Gasteiger partial charge in [0.2, 0.25) is 5.91 Å². The Morgan fingerprint density at radius 2 is 1.71 bits per heavy atom. The first-order chi connectivity index (χ1) is 16.3. The first kappa shape index (κ1) is 26.9. The molecule has 9 nitrogen and oxygen atoms in total. The normalized spacial score (nSPS) is 22.1. The number of likely N-dealkylation sites (N-methyl/N-ethyl adjacent to an activating group) is 1. The van der Waals surface area contributed by atoms with Crippen molar-refractivity contribution in [2.24, 2.45) is 5.92 Å². The van der Waals surface area contributed by atoms with Crippen LogP contribution in [0.1, 0.15) is 78.6 Å². The highest BCUT2D eigenvalue weighted by molar-refractivity contribution is 7.81. The molecule has 2 saturated carbocycles. The smallest absolute Gasteiger partial charge is 0.324 e. The lowest BCUT2D eigenvalue weighted by Gasteiger charge is -2.42. The molecule has 0 aromatic carbocycles. The fourth-order valence-corrected chi connectivity index (χ4v) is 6.53. The summed E-state index contributed by atoms with van der Waals surface area (Å²) in [6.07, 6.45) is 11.3. The van der Waals surface area contributed by atoms with Gasteiger partial charge in [-0.15, -0.1) is 0 Å². The molecule has 1 unspecified atom stereocenters. The predicted molar refractivity (Wildman–Crippen MR) is 135 cm³/mol. The van der Waals surface area contributed by atoms with E-state index in [0.717, 1.165) is 67.0 Å². The van der Waals surface area contributed by atoms with Crippen LogP contribution >= 0.6 is 11.3 Å². The van der Waals surface area contributed by atoms with Crippen molar-refractivity contribution in [3.8, 4) is 0 Å². The van der Waals surface area contributed by atoms with Crippen LogP contribution in [0.4, 0.5) is 14.9 Å². The van der Waals surface area contributed by atoms with Crippen LogP contribution in [0.5, 0.6) is 0 Å². The topological polar surface area (TPSA) is 109 Å². The van der Waals surface area contributed by atoms with E-state index in [1.807, 2.05) is 13.8 Å². The molecule has 1 N–H and O–H groups in total. The lowest BCUT2D eigenvalue weighted by molar-refractivity contribution is -0.129. The minimum Gasteiger partial charge on any atom is -0.755 e. The minimum absolute atomic E-state index is 0.152. The van der Waals surface area contributed by atoms with Gasteiger partial charge in [-0.2, -0.15) is 0 Å². The Bertz CT molecular complexity index is 833. The zero-order valence-corrected chi connectivity index (χ0v) is 22.2. The second kappa shape index (κ2) is 12.8. The van der Waals surface area contributed by atoms with E-state index >= 15 is 0 Å². The van der Waals surface area contributed by atoms with Gasteiger partial charge >= 0.3 is 6.03 Å². The Morgan fingerprint density at radius 1 is 1.09 bits per heavy atom. The van der Waals surface area contributed by atoms with E-state index in [4.69, 9.17) is 0 Å². The molecule has 0 saturated heterocycles. The van der Waals surface area contributed by atoms with Crippen LogP contribution in [0.25, 0.3) is 0 Å². The van der Waals surface area contributed by atoms with Crippen LogP contribution in [-0.2, 0) is 16.1 Å². The Kier molecular flexibility index (Phi) is 10.1. The molecule has 2 aliphatic carbocycles. The van der Waals surface area contributed by atoms with Crippen molar-refractivity contribution in [3.05, 3.63) is 6.20 Å². The number of carbonyl (C=O) groups is 2. The zero-order chi connectivity index (χ0) is 24.7. The third-order valence-corrected chi connectivity index (χ3v) is 8.85. The first-order valence-corrected chi connectivity index (χ1v) is 14.4. The molecule has 2 aliphatic rings. The molecular weight excluding hydrogens is 474 g/mol. The SMILES string of the molecule is CCN(CC)C(=O)CN(c1cnc(NC(=O)N(C2CCCCC2)C2CCC(C)CC2)s1)S(=O)[O-]. The van der Waals surface area contributed by atoms with Gasteiger partial charge in [-0.1, -0.05) is 37.5 Å². The summed E-state index contributed by atoms with van der Waals surface area (Å²) in [5.41, 5.74) is 0. The van der Waals surface area contributed by atoms with E-state index in [0.29, 0.717) is 29.1 Å². The molecule has 1 aromatic rings. The summed E-state index contributed by atoms with van der Waals surface area (Å²) in [6.45, 7) is 6.71. The van der Waals surface area contributed by atoms with E-state index in [1.54, 1.807) is 4.90 Å². The Balaban J connectivity index is 1.71. The number of hydrogen-bond donors (Lipinski definition) is 1. The maximum absolute atomic E-state index is 13.4. The van der Waals surface area contributed by atoms with E-state index in [2.05, 4.69) is 22.1 Å². The summed E-state index contributed by atoms with van der Waals surface area (Å²) in [7, 11) is 0. The molecule has 3 rings (SSSR count). The molecule has 2 fully saturated rings. The number of nitrogens with one attached hydrogen (secondary N) is 1. The predicted octanol–water partition coefficient (Wildman–Crippen LogP) is 4.36. The number of urea groups is 1. The molecule has 1 aromatic heterocycles. The van der Waals surface area contributed by atoms with Gasteiger partial charge in [-0.05, 0) is 58.3 Å². The van der Waals surface area contributed by atoms with Gasteiger partial charge < -0.3 is 14.4 Å². The van der Waals surface area contributed by atoms with Gasteiger partial charge in [0.15, 0.2) is 5.13 Å². The maximum Gasteiger partial charge on any atom is 0.324 e. The van der Waals surface area contributed by atoms with Crippen LogP contribution in [0.3, 0.4) is 0 Å². The molecular formula is C23H38N5O4S2-. The summed E-state index contributed by atoms with van der Waals surface area (Å²) < 4.78 is 24.7. The number of anilines is 2. The Labute approximate surface area is 209 Å². The number of aromatic nitrogens is 1. The van der Waals surface area contributed by atoms with E-state index in [1.165, 1.54) is 12.6 Å². The molecule has 1 heterocycles. The molecule has 0 bridgehead atoms. The van der Waals surface area contributed by atoms with Crippen molar-refractivity contribution in [3.63, 3.8) is 0 Å². The fourth-order valence-electron chi connectivity index (χ4n) is 5.11. The van der Waals surface area contributed by atoms with Crippen molar-refractivity contribution < 1.29 is 18.4 Å². The molecule has 1 atom stereocenters. The van der Waals surface area contributed by atoms with Gasteiger partial charge in [0.05, 0.1) is 6.20 Å². The molecule has 3 amide bonds. The van der Waals surface area contributed by atoms with Crippen LogP contribution < -0.4 is 9.62 Å². The molecule has 0 radical (unpaired) electrons. The number of rotatable bonds is 9. The monoisotopic (exact) mass is 512 g/mol. The van der Waals surface area contributed by atoms with E-state index in [9.17, 15) is 18.4 Å². The van der Waals surface area contributed by atoms with Gasteiger partial charge in [-0.3, -0.25) is 18.6 Å². The fraction of sp³-hybridized carbons (Fsp3) is 0.783. The average molecular weight is 513 g/mol. The number of hydrogen-bond acceptors (Lipinski definition) is 6. The lowest BCUT2D eigenvalue weighted by atomic mass is 9.84. The average Bonchev–Trinajstić information content (AvgIpc) is 3.28. The van der Waals surface area contributed by atoms with Crippen molar-refractivity contribution in [2.75, 3.05) is 29.3 Å². The molecule has 0 spiro atoms. The zero-order valence-electron chi connectivity index (χ0n) is 20.5. The Morgan fingerprint density at radius 3 is 2.29 bits per heavy atom. The van der Waals surface area contributed by atoms with Crippen molar-refractivity contribution >= 4 is 44.7 Å². The number of nitrogens with zero attached hydrogens (tertiary/aromatic N) is 4.